The smallest absolute Gasteiger partial charge is 0.406 e. The minimum atomic E-state index is -4.76. The predicted molar refractivity (Wildman–Crippen MR) is 99.8 cm³/mol. The highest BCUT2D eigenvalue weighted by molar-refractivity contribution is 7.91. The quantitative estimate of drug-likeness (QED) is 0.522. The van der Waals surface area contributed by atoms with E-state index in [1.807, 2.05) is 0 Å². The number of sulfonamides is 1. The number of primary sulfonamides is 1. The molecule has 0 amide bonds. The van der Waals surface area contributed by atoms with Crippen molar-refractivity contribution in [3.63, 3.8) is 0 Å². The van der Waals surface area contributed by atoms with Crippen molar-refractivity contribution in [3.8, 4) is 28.1 Å². The van der Waals surface area contributed by atoms with Gasteiger partial charge in [-0.05, 0) is 23.3 Å². The fourth-order valence-corrected chi connectivity index (χ4v) is 4.15. The second kappa shape index (κ2) is 6.83. The van der Waals surface area contributed by atoms with Crippen molar-refractivity contribution in [1.82, 2.24) is 14.6 Å². The molecule has 4 rings (SSSR count). The summed E-state index contributed by atoms with van der Waals surface area (Å²) in [5.74, 6) is -0.301. The van der Waals surface area contributed by atoms with Crippen LogP contribution in [-0.4, -0.2) is 29.4 Å². The van der Waals surface area contributed by atoms with Crippen molar-refractivity contribution in [2.24, 2.45) is 5.14 Å². The van der Waals surface area contributed by atoms with Crippen LogP contribution in [0, 0.1) is 0 Å². The predicted octanol–water partition coefficient (Wildman–Crippen LogP) is 3.67. The second-order valence-corrected chi connectivity index (χ2v) is 8.61. The van der Waals surface area contributed by atoms with E-state index in [0.717, 1.165) is 16.9 Å². The van der Waals surface area contributed by atoms with Gasteiger partial charge in [0, 0.05) is 5.56 Å². The average molecular weight is 440 g/mol. The molecule has 0 saturated heterocycles. The molecule has 0 fully saturated rings. The first-order valence-electron chi connectivity index (χ1n) is 7.94. The lowest BCUT2D eigenvalue weighted by Crippen LogP contribution is -2.17. The molecule has 0 spiro atoms. The highest BCUT2D eigenvalue weighted by atomic mass is 32.2. The lowest BCUT2D eigenvalue weighted by molar-refractivity contribution is -0.274. The van der Waals surface area contributed by atoms with E-state index in [1.165, 1.54) is 22.7 Å². The Balaban J connectivity index is 1.60. The molecule has 2 heterocycles. The Hall–Kier alpha value is -2.96. The first-order valence-corrected chi connectivity index (χ1v) is 10.3. The van der Waals surface area contributed by atoms with Gasteiger partial charge in [0.25, 0.3) is 10.0 Å². The number of nitrogens with zero attached hydrogens (tertiary/aromatic N) is 3. The second-order valence-electron chi connectivity index (χ2n) is 5.92. The molecule has 0 aliphatic rings. The Kier molecular flexibility index (Phi) is 4.56. The standard InChI is InChI=1S/C17H11F3N4O3S2/c18-17(19,20)27-13-3-1-2-12(8-13)10-4-6-11(7-5-10)14-9-24-15(22-14)28-16(23-24)29(21,25)26/h1-9H,(H2,21,25,26). The Bertz CT molecular complexity index is 1260. The number of aromatic nitrogens is 3. The summed E-state index contributed by atoms with van der Waals surface area (Å²) in [6.45, 7) is 0. The summed E-state index contributed by atoms with van der Waals surface area (Å²) in [5.41, 5.74) is 2.54. The Labute approximate surface area is 166 Å². The summed E-state index contributed by atoms with van der Waals surface area (Å²) in [6, 6.07) is 12.6. The van der Waals surface area contributed by atoms with Gasteiger partial charge in [-0.15, -0.1) is 18.3 Å². The molecule has 0 unspecified atom stereocenters. The van der Waals surface area contributed by atoms with E-state index in [1.54, 1.807) is 36.5 Å². The number of halogens is 3. The van der Waals surface area contributed by atoms with Crippen molar-refractivity contribution >= 4 is 26.3 Å². The van der Waals surface area contributed by atoms with Crippen molar-refractivity contribution in [2.75, 3.05) is 0 Å². The molecule has 7 nitrogen and oxygen atoms in total. The highest BCUT2D eigenvalue weighted by Gasteiger charge is 2.31. The zero-order valence-electron chi connectivity index (χ0n) is 14.3. The molecule has 4 aromatic rings. The van der Waals surface area contributed by atoms with Crippen LogP contribution < -0.4 is 9.88 Å². The number of hydrogen-bond donors (Lipinski definition) is 1. The van der Waals surface area contributed by atoms with Crippen LogP contribution in [0.5, 0.6) is 5.75 Å². The van der Waals surface area contributed by atoms with Crippen LogP contribution in [0.4, 0.5) is 13.2 Å². The van der Waals surface area contributed by atoms with Gasteiger partial charge in [-0.25, -0.2) is 23.1 Å². The molecule has 2 aromatic heterocycles. The summed E-state index contributed by atoms with van der Waals surface area (Å²) in [4.78, 5) is 4.69. The van der Waals surface area contributed by atoms with Crippen LogP contribution in [0.15, 0.2) is 59.1 Å². The SMILES string of the molecule is NS(=O)(=O)c1nn2cc(-c3ccc(-c4cccc(OC(F)(F)F)c4)cc3)nc2s1. The molecular formula is C17H11F3N4O3S2. The maximum Gasteiger partial charge on any atom is 0.573 e. The minimum absolute atomic E-state index is 0.233. The van der Waals surface area contributed by atoms with E-state index < -0.39 is 16.4 Å². The molecule has 29 heavy (non-hydrogen) atoms. The largest absolute Gasteiger partial charge is 0.573 e. The summed E-state index contributed by atoms with van der Waals surface area (Å²) in [5, 5.41) is 8.94. The van der Waals surface area contributed by atoms with Gasteiger partial charge in [0.05, 0.1) is 11.9 Å². The zero-order chi connectivity index (χ0) is 20.8. The van der Waals surface area contributed by atoms with E-state index >= 15 is 0 Å². The number of ether oxygens (including phenoxy) is 1. The number of nitrogens with two attached hydrogens (primary N) is 1. The van der Waals surface area contributed by atoms with E-state index in [4.69, 9.17) is 5.14 Å². The highest BCUT2D eigenvalue weighted by Crippen LogP contribution is 2.30. The van der Waals surface area contributed by atoms with E-state index in [0.29, 0.717) is 21.8 Å². The molecule has 0 aliphatic heterocycles. The van der Waals surface area contributed by atoms with Crippen LogP contribution in [0.2, 0.25) is 0 Å². The van der Waals surface area contributed by atoms with Gasteiger partial charge in [0.2, 0.25) is 9.30 Å². The molecule has 0 aliphatic carbocycles. The molecule has 150 valence electrons. The number of alkyl halides is 3. The van der Waals surface area contributed by atoms with Crippen LogP contribution in [0.25, 0.3) is 27.3 Å². The Morgan fingerprint density at radius 1 is 1.03 bits per heavy atom. The van der Waals surface area contributed by atoms with Crippen molar-refractivity contribution in [3.05, 3.63) is 54.7 Å². The van der Waals surface area contributed by atoms with Crippen LogP contribution in [-0.2, 0) is 10.0 Å². The third kappa shape index (κ3) is 4.23. The van der Waals surface area contributed by atoms with Gasteiger partial charge < -0.3 is 4.74 Å². The van der Waals surface area contributed by atoms with Crippen LogP contribution >= 0.6 is 11.3 Å². The molecule has 0 radical (unpaired) electrons. The zero-order valence-corrected chi connectivity index (χ0v) is 15.9. The first-order chi connectivity index (χ1) is 13.6. The van der Waals surface area contributed by atoms with Crippen molar-refractivity contribution in [1.29, 1.82) is 0 Å². The molecule has 2 N–H and O–H groups in total. The Morgan fingerprint density at radius 2 is 1.72 bits per heavy atom. The number of fused-ring (bicyclic) bond motifs is 1. The van der Waals surface area contributed by atoms with E-state index in [2.05, 4.69) is 14.8 Å². The lowest BCUT2D eigenvalue weighted by atomic mass is 10.0. The lowest BCUT2D eigenvalue weighted by Gasteiger charge is -2.10. The molecule has 2 aromatic carbocycles. The monoisotopic (exact) mass is 440 g/mol. The molecule has 12 heteroatoms. The number of imidazole rings is 1. The summed E-state index contributed by atoms with van der Waals surface area (Å²) in [7, 11) is -3.90. The Morgan fingerprint density at radius 3 is 2.34 bits per heavy atom. The number of rotatable bonds is 4. The number of benzene rings is 2. The van der Waals surface area contributed by atoms with E-state index in [9.17, 15) is 21.6 Å². The molecule has 0 bridgehead atoms. The first kappa shape index (κ1) is 19.4. The summed E-state index contributed by atoms with van der Waals surface area (Å²) >= 11 is 0.848. The maximum atomic E-state index is 12.4. The average Bonchev–Trinajstić information content (AvgIpc) is 3.19. The summed E-state index contributed by atoms with van der Waals surface area (Å²) in [6.07, 6.45) is -3.19. The normalized spacial score (nSPS) is 12.4. The van der Waals surface area contributed by atoms with Crippen LogP contribution in [0.3, 0.4) is 0 Å². The third-order valence-electron chi connectivity index (χ3n) is 3.85. The van der Waals surface area contributed by atoms with Gasteiger partial charge >= 0.3 is 6.36 Å². The van der Waals surface area contributed by atoms with Gasteiger partial charge in [-0.1, -0.05) is 47.7 Å². The molecule has 0 saturated carbocycles. The fourth-order valence-electron chi connectivity index (χ4n) is 2.64. The fraction of sp³-hybridized carbons (Fsp3) is 0.0588. The van der Waals surface area contributed by atoms with E-state index in [-0.39, 0.29) is 10.1 Å². The third-order valence-corrected chi connectivity index (χ3v) is 6.08. The van der Waals surface area contributed by atoms with Crippen LogP contribution in [0.1, 0.15) is 0 Å². The van der Waals surface area contributed by atoms with Gasteiger partial charge in [0.1, 0.15) is 5.75 Å². The van der Waals surface area contributed by atoms with Crippen molar-refractivity contribution in [2.45, 2.75) is 10.7 Å². The maximum absolute atomic E-state index is 12.4. The van der Waals surface area contributed by atoms with Gasteiger partial charge in [-0.2, -0.15) is 0 Å². The molecule has 0 atom stereocenters. The van der Waals surface area contributed by atoms with Gasteiger partial charge in [0.15, 0.2) is 0 Å². The molecular weight excluding hydrogens is 429 g/mol. The summed E-state index contributed by atoms with van der Waals surface area (Å²) < 4.78 is 64.9. The topological polar surface area (TPSA) is 99.6 Å². The van der Waals surface area contributed by atoms with Gasteiger partial charge in [-0.3, -0.25) is 0 Å². The minimum Gasteiger partial charge on any atom is -0.406 e. The number of hydrogen-bond acceptors (Lipinski definition) is 6. The van der Waals surface area contributed by atoms with Crippen molar-refractivity contribution < 1.29 is 26.3 Å².